The molecule has 92 valence electrons. The van der Waals surface area contributed by atoms with Gasteiger partial charge in [0.05, 0.1) is 11.2 Å². The van der Waals surface area contributed by atoms with Crippen molar-refractivity contribution >= 4 is 0 Å². The molecule has 15 heavy (non-hydrogen) atoms. The molecule has 0 radical (unpaired) electrons. The van der Waals surface area contributed by atoms with Crippen LogP contribution in [0.1, 0.15) is 41.0 Å². The van der Waals surface area contributed by atoms with Crippen LogP contribution in [0.3, 0.4) is 0 Å². The maximum atomic E-state index is 9.73. The zero-order valence-electron chi connectivity index (χ0n) is 11.1. The van der Waals surface area contributed by atoms with Gasteiger partial charge in [0.25, 0.3) is 0 Å². The van der Waals surface area contributed by atoms with Gasteiger partial charge in [-0.1, -0.05) is 6.92 Å². The fourth-order valence-electron chi connectivity index (χ4n) is 1.43. The Kier molecular flexibility index (Phi) is 5.78. The average molecular weight is 217 g/mol. The smallest absolute Gasteiger partial charge is 0.0718 e. The molecular formula is C12H27NO2. The van der Waals surface area contributed by atoms with Crippen LogP contribution in [0.15, 0.2) is 0 Å². The van der Waals surface area contributed by atoms with Crippen LogP contribution in [-0.2, 0) is 4.74 Å². The monoisotopic (exact) mass is 217 g/mol. The fraction of sp³-hybridized carbons (Fsp3) is 1.00. The molecule has 0 aromatic heterocycles. The molecule has 0 aliphatic rings. The maximum Gasteiger partial charge on any atom is 0.0718 e. The molecule has 0 unspecified atom stereocenters. The van der Waals surface area contributed by atoms with E-state index in [1.807, 2.05) is 13.8 Å². The first-order valence-corrected chi connectivity index (χ1v) is 5.70. The van der Waals surface area contributed by atoms with E-state index in [0.717, 1.165) is 19.5 Å². The van der Waals surface area contributed by atoms with Gasteiger partial charge in [0.2, 0.25) is 0 Å². The molecule has 0 aromatic rings. The molecule has 1 N–H and O–H groups in total. The number of likely N-dealkylation sites (N-methyl/N-ethyl adjacent to an activating group) is 1. The Morgan fingerprint density at radius 2 is 1.73 bits per heavy atom. The summed E-state index contributed by atoms with van der Waals surface area (Å²) < 4.78 is 5.37. The van der Waals surface area contributed by atoms with E-state index in [2.05, 4.69) is 25.7 Å². The summed E-state index contributed by atoms with van der Waals surface area (Å²) >= 11 is 0. The minimum Gasteiger partial charge on any atom is -0.389 e. The van der Waals surface area contributed by atoms with Crippen LogP contribution in [0.25, 0.3) is 0 Å². The Balaban J connectivity index is 4.01. The molecule has 0 heterocycles. The molecule has 3 nitrogen and oxygen atoms in total. The van der Waals surface area contributed by atoms with Gasteiger partial charge in [0, 0.05) is 20.2 Å². The molecule has 0 amide bonds. The van der Waals surface area contributed by atoms with Gasteiger partial charge >= 0.3 is 0 Å². The van der Waals surface area contributed by atoms with Gasteiger partial charge in [-0.25, -0.2) is 0 Å². The molecule has 0 spiro atoms. The van der Waals surface area contributed by atoms with Crippen molar-refractivity contribution in [3.63, 3.8) is 0 Å². The van der Waals surface area contributed by atoms with E-state index in [1.54, 1.807) is 7.11 Å². The molecule has 0 aliphatic heterocycles. The van der Waals surface area contributed by atoms with Crippen LogP contribution in [0.4, 0.5) is 0 Å². The van der Waals surface area contributed by atoms with Crippen molar-refractivity contribution in [1.29, 1.82) is 0 Å². The second-order valence-electron chi connectivity index (χ2n) is 5.40. The van der Waals surface area contributed by atoms with E-state index in [-0.39, 0.29) is 5.60 Å². The number of hydrogen-bond acceptors (Lipinski definition) is 3. The molecular weight excluding hydrogens is 190 g/mol. The van der Waals surface area contributed by atoms with Crippen molar-refractivity contribution in [3.05, 3.63) is 0 Å². The quantitative estimate of drug-likeness (QED) is 0.707. The fourth-order valence-corrected chi connectivity index (χ4v) is 1.43. The van der Waals surface area contributed by atoms with Crippen molar-refractivity contribution in [2.45, 2.75) is 52.2 Å². The summed E-state index contributed by atoms with van der Waals surface area (Å²) in [6, 6.07) is 0. The standard InChI is InChI=1S/C12H27NO2/c1-7-13(10-11(2,3)14)9-8-12(4,5)15-6/h14H,7-10H2,1-6H3. The van der Waals surface area contributed by atoms with E-state index < -0.39 is 5.60 Å². The van der Waals surface area contributed by atoms with Crippen LogP contribution >= 0.6 is 0 Å². The number of nitrogens with zero attached hydrogens (tertiary/aromatic N) is 1. The van der Waals surface area contributed by atoms with Gasteiger partial charge in [-0.2, -0.15) is 0 Å². The number of hydrogen-bond donors (Lipinski definition) is 1. The van der Waals surface area contributed by atoms with Gasteiger partial charge in [-0.05, 0) is 40.7 Å². The third-order valence-electron chi connectivity index (χ3n) is 2.64. The first-order valence-electron chi connectivity index (χ1n) is 5.70. The highest BCUT2D eigenvalue weighted by Crippen LogP contribution is 2.14. The van der Waals surface area contributed by atoms with E-state index >= 15 is 0 Å². The number of methoxy groups -OCH3 is 1. The van der Waals surface area contributed by atoms with Crippen LogP contribution in [0, 0.1) is 0 Å². The Morgan fingerprint density at radius 3 is 2.07 bits per heavy atom. The Morgan fingerprint density at radius 1 is 1.20 bits per heavy atom. The summed E-state index contributed by atoms with van der Waals surface area (Å²) in [4.78, 5) is 2.25. The first-order chi connectivity index (χ1) is 6.70. The zero-order valence-corrected chi connectivity index (χ0v) is 11.1. The largest absolute Gasteiger partial charge is 0.389 e. The highest BCUT2D eigenvalue weighted by atomic mass is 16.5. The Hall–Kier alpha value is -0.120. The zero-order chi connectivity index (χ0) is 12.1. The lowest BCUT2D eigenvalue weighted by Crippen LogP contribution is -2.41. The first kappa shape index (κ1) is 14.9. The number of rotatable bonds is 7. The maximum absolute atomic E-state index is 9.73. The third kappa shape index (κ3) is 7.77. The van der Waals surface area contributed by atoms with Gasteiger partial charge in [-0.15, -0.1) is 0 Å². The van der Waals surface area contributed by atoms with E-state index in [0.29, 0.717) is 6.54 Å². The Bertz CT molecular complexity index is 173. The molecule has 3 heteroatoms. The lowest BCUT2D eigenvalue weighted by Gasteiger charge is -2.31. The molecule has 0 saturated carbocycles. The molecule has 0 rings (SSSR count). The minimum absolute atomic E-state index is 0.0764. The van der Waals surface area contributed by atoms with Crippen LogP contribution in [0.2, 0.25) is 0 Å². The molecule has 0 fully saturated rings. The van der Waals surface area contributed by atoms with Gasteiger partial charge in [0.1, 0.15) is 0 Å². The van der Waals surface area contributed by atoms with Crippen LogP contribution in [0.5, 0.6) is 0 Å². The molecule has 0 aliphatic carbocycles. The summed E-state index contributed by atoms with van der Waals surface area (Å²) in [6.45, 7) is 12.6. The minimum atomic E-state index is -0.618. The number of aliphatic hydroxyl groups is 1. The number of ether oxygens (including phenoxy) is 1. The summed E-state index contributed by atoms with van der Waals surface area (Å²) in [5.74, 6) is 0. The lowest BCUT2D eigenvalue weighted by atomic mass is 10.0. The molecule has 0 saturated heterocycles. The summed E-state index contributed by atoms with van der Waals surface area (Å²) in [6.07, 6.45) is 0.980. The van der Waals surface area contributed by atoms with Crippen molar-refractivity contribution in [1.82, 2.24) is 4.90 Å². The predicted molar refractivity (Wildman–Crippen MR) is 64.1 cm³/mol. The lowest BCUT2D eigenvalue weighted by molar-refractivity contribution is -0.00499. The highest BCUT2D eigenvalue weighted by Gasteiger charge is 2.21. The van der Waals surface area contributed by atoms with Gasteiger partial charge in [0.15, 0.2) is 0 Å². The molecule has 0 atom stereocenters. The van der Waals surface area contributed by atoms with Crippen molar-refractivity contribution < 1.29 is 9.84 Å². The molecule has 0 bridgehead atoms. The van der Waals surface area contributed by atoms with Crippen molar-refractivity contribution in [2.24, 2.45) is 0 Å². The summed E-state index contributed by atoms with van der Waals surface area (Å²) in [5, 5.41) is 9.73. The van der Waals surface area contributed by atoms with Crippen molar-refractivity contribution in [3.8, 4) is 0 Å². The second-order valence-corrected chi connectivity index (χ2v) is 5.40. The van der Waals surface area contributed by atoms with Gasteiger partial charge < -0.3 is 14.7 Å². The summed E-state index contributed by atoms with van der Waals surface area (Å²) in [5.41, 5.74) is -0.694. The normalized spacial score (nSPS) is 13.6. The predicted octanol–water partition coefficient (Wildman–Crippen LogP) is 1.89. The molecule has 0 aromatic carbocycles. The summed E-state index contributed by atoms with van der Waals surface area (Å²) in [7, 11) is 1.74. The van der Waals surface area contributed by atoms with E-state index in [9.17, 15) is 5.11 Å². The van der Waals surface area contributed by atoms with E-state index in [4.69, 9.17) is 4.74 Å². The van der Waals surface area contributed by atoms with Gasteiger partial charge in [-0.3, -0.25) is 0 Å². The van der Waals surface area contributed by atoms with Crippen LogP contribution in [-0.4, -0.2) is 48.0 Å². The topological polar surface area (TPSA) is 32.7 Å². The highest BCUT2D eigenvalue weighted by molar-refractivity contribution is 4.75. The SMILES string of the molecule is CCN(CCC(C)(C)OC)CC(C)(C)O. The van der Waals surface area contributed by atoms with Crippen LogP contribution < -0.4 is 0 Å². The third-order valence-corrected chi connectivity index (χ3v) is 2.64. The Labute approximate surface area is 94.4 Å². The average Bonchev–Trinajstić information content (AvgIpc) is 2.10. The van der Waals surface area contributed by atoms with E-state index in [1.165, 1.54) is 0 Å². The second kappa shape index (κ2) is 5.83. The van der Waals surface area contributed by atoms with Crippen molar-refractivity contribution in [2.75, 3.05) is 26.7 Å².